The molecule has 0 spiro atoms. The standard InChI is InChI=1S/C19H27N2O11P/c1-11(2)30-16(23)17(24)33(29-10-27-19(26)31-12(3)4)28-9-13-5-6-15(32-13)21-8-7-14(22)20-18(21)25/h7-8,11-13,15H,5-6,9-10H2,1-4H3,(H,20,22,25). The van der Waals surface area contributed by atoms with Gasteiger partial charge in [0.1, 0.15) is 6.23 Å². The SMILES string of the molecule is CC(C)OC(=O)OCOP(OCC1CCC(n2ccc(=O)[nH]c2=O)O1)C(=O)C(=O)OC(C)C. The van der Waals surface area contributed by atoms with E-state index < -0.39 is 68.6 Å². The summed E-state index contributed by atoms with van der Waals surface area (Å²) in [6.07, 6.45) is -0.873. The lowest BCUT2D eigenvalue weighted by Crippen LogP contribution is -2.31. The van der Waals surface area contributed by atoms with E-state index in [2.05, 4.69) is 4.98 Å². The quantitative estimate of drug-likeness (QED) is 0.207. The van der Waals surface area contributed by atoms with E-state index in [1.54, 1.807) is 27.7 Å². The second-order valence-electron chi connectivity index (χ2n) is 7.43. The van der Waals surface area contributed by atoms with Gasteiger partial charge in [-0.1, -0.05) is 0 Å². The number of nitrogens with one attached hydrogen (secondary N) is 1. The van der Waals surface area contributed by atoms with Gasteiger partial charge in [0.2, 0.25) is 6.79 Å². The molecular weight excluding hydrogens is 463 g/mol. The molecule has 3 unspecified atom stereocenters. The summed E-state index contributed by atoms with van der Waals surface area (Å²) in [5.74, 6) is -1.15. The number of aromatic nitrogens is 2. The lowest BCUT2D eigenvalue weighted by molar-refractivity contribution is -0.154. The highest BCUT2D eigenvalue weighted by molar-refractivity contribution is 7.69. The van der Waals surface area contributed by atoms with Crippen LogP contribution in [0.15, 0.2) is 21.9 Å². The number of esters is 1. The van der Waals surface area contributed by atoms with Gasteiger partial charge < -0.3 is 23.5 Å². The number of ether oxygens (including phenoxy) is 4. The molecule has 0 aromatic carbocycles. The van der Waals surface area contributed by atoms with E-state index in [-0.39, 0.29) is 6.61 Å². The van der Waals surface area contributed by atoms with Crippen LogP contribution in [0.2, 0.25) is 0 Å². The monoisotopic (exact) mass is 490 g/mol. The fourth-order valence-electron chi connectivity index (χ4n) is 2.66. The Bertz CT molecular complexity index is 942. The van der Waals surface area contributed by atoms with Crippen LogP contribution in [-0.2, 0) is 37.6 Å². The van der Waals surface area contributed by atoms with E-state index in [0.717, 1.165) is 0 Å². The van der Waals surface area contributed by atoms with Crippen LogP contribution in [0.1, 0.15) is 46.8 Å². The van der Waals surface area contributed by atoms with E-state index in [9.17, 15) is 24.0 Å². The van der Waals surface area contributed by atoms with Gasteiger partial charge in [0, 0.05) is 12.3 Å². The minimum Gasteiger partial charge on any atom is -0.457 e. The van der Waals surface area contributed by atoms with Crippen molar-refractivity contribution in [3.05, 3.63) is 33.1 Å². The maximum atomic E-state index is 12.4. The van der Waals surface area contributed by atoms with E-state index in [1.807, 2.05) is 0 Å². The molecule has 1 saturated heterocycles. The van der Waals surface area contributed by atoms with Gasteiger partial charge in [-0.05, 0) is 40.5 Å². The van der Waals surface area contributed by atoms with Crippen LogP contribution in [-0.4, -0.2) is 58.9 Å². The number of carbonyl (C=O) groups is 3. The summed E-state index contributed by atoms with van der Waals surface area (Å²) < 4.78 is 32.0. The molecule has 1 aliphatic heterocycles. The molecular formula is C19H27N2O11P. The Labute approximate surface area is 190 Å². The highest BCUT2D eigenvalue weighted by Gasteiger charge is 2.34. The molecule has 14 heteroatoms. The molecule has 0 radical (unpaired) electrons. The van der Waals surface area contributed by atoms with Crippen molar-refractivity contribution in [3.8, 4) is 0 Å². The maximum absolute atomic E-state index is 12.4. The van der Waals surface area contributed by atoms with Gasteiger partial charge in [0.05, 0.1) is 24.9 Å². The van der Waals surface area contributed by atoms with Crippen LogP contribution < -0.4 is 11.2 Å². The molecule has 0 aliphatic carbocycles. The number of rotatable bonds is 11. The van der Waals surface area contributed by atoms with Crippen molar-refractivity contribution in [1.82, 2.24) is 9.55 Å². The zero-order chi connectivity index (χ0) is 24.5. The molecule has 33 heavy (non-hydrogen) atoms. The summed E-state index contributed by atoms with van der Waals surface area (Å²) >= 11 is 0. The second-order valence-corrected chi connectivity index (χ2v) is 8.86. The first kappa shape index (κ1) is 26.7. The summed E-state index contributed by atoms with van der Waals surface area (Å²) in [6.45, 7) is 5.58. The molecule has 3 atom stereocenters. The Morgan fingerprint density at radius 3 is 2.45 bits per heavy atom. The van der Waals surface area contributed by atoms with Crippen LogP contribution in [0.3, 0.4) is 0 Å². The highest BCUT2D eigenvalue weighted by atomic mass is 31.2. The zero-order valence-corrected chi connectivity index (χ0v) is 19.6. The van der Waals surface area contributed by atoms with Gasteiger partial charge in [-0.3, -0.25) is 23.7 Å². The molecule has 1 fully saturated rings. The van der Waals surface area contributed by atoms with Crippen molar-refractivity contribution in [2.75, 3.05) is 13.4 Å². The number of aromatic amines is 1. The van der Waals surface area contributed by atoms with Gasteiger partial charge in [0.15, 0.2) is 0 Å². The fraction of sp³-hybridized carbons (Fsp3) is 0.632. The number of hydrogen-bond acceptors (Lipinski definition) is 11. The zero-order valence-electron chi connectivity index (χ0n) is 18.7. The second kappa shape index (κ2) is 12.6. The van der Waals surface area contributed by atoms with Crippen LogP contribution in [0.25, 0.3) is 0 Å². The Morgan fingerprint density at radius 2 is 1.82 bits per heavy atom. The smallest absolute Gasteiger partial charge is 0.457 e. The first-order valence-corrected chi connectivity index (χ1v) is 11.4. The van der Waals surface area contributed by atoms with Crippen LogP contribution >= 0.6 is 8.38 Å². The summed E-state index contributed by atoms with van der Waals surface area (Å²) in [7, 11) is -2.48. The third kappa shape index (κ3) is 8.69. The molecule has 1 aromatic rings. The predicted molar refractivity (Wildman–Crippen MR) is 112 cm³/mol. The highest BCUT2D eigenvalue weighted by Crippen LogP contribution is 2.41. The third-order valence-corrected chi connectivity index (χ3v) is 5.22. The van der Waals surface area contributed by atoms with Crippen molar-refractivity contribution < 1.29 is 42.4 Å². The van der Waals surface area contributed by atoms with Crippen LogP contribution in [0.4, 0.5) is 4.79 Å². The molecule has 13 nitrogen and oxygen atoms in total. The fourth-order valence-corrected chi connectivity index (χ4v) is 3.62. The Kier molecular flexibility index (Phi) is 10.2. The van der Waals surface area contributed by atoms with Gasteiger partial charge >= 0.3 is 23.3 Å². The number of carbonyl (C=O) groups excluding carboxylic acids is 3. The van der Waals surface area contributed by atoms with Crippen molar-refractivity contribution in [2.24, 2.45) is 0 Å². The summed E-state index contributed by atoms with van der Waals surface area (Å²) in [5, 5.41) is 0. The number of H-pyrrole nitrogens is 1. The summed E-state index contributed by atoms with van der Waals surface area (Å²) in [5.41, 5.74) is -2.20. The normalized spacial score (nSPS) is 18.8. The lowest BCUT2D eigenvalue weighted by Gasteiger charge is -2.19. The topological polar surface area (TPSA) is 161 Å². The molecule has 0 amide bonds. The van der Waals surface area contributed by atoms with Gasteiger partial charge in [0.25, 0.3) is 13.9 Å². The van der Waals surface area contributed by atoms with E-state index in [1.165, 1.54) is 16.8 Å². The summed E-state index contributed by atoms with van der Waals surface area (Å²) in [6, 6.07) is 1.20. The largest absolute Gasteiger partial charge is 0.510 e. The van der Waals surface area contributed by atoms with Crippen LogP contribution in [0, 0.1) is 0 Å². The van der Waals surface area contributed by atoms with Crippen molar-refractivity contribution in [1.29, 1.82) is 0 Å². The van der Waals surface area contributed by atoms with Crippen molar-refractivity contribution >= 4 is 26.0 Å². The van der Waals surface area contributed by atoms with Gasteiger partial charge in [-0.25, -0.2) is 14.4 Å². The number of hydrogen-bond donors (Lipinski definition) is 1. The van der Waals surface area contributed by atoms with Gasteiger partial charge in [-0.15, -0.1) is 0 Å². The molecule has 1 aromatic heterocycles. The molecule has 2 heterocycles. The Hall–Kier alpha value is -2.60. The Morgan fingerprint density at radius 1 is 1.12 bits per heavy atom. The lowest BCUT2D eigenvalue weighted by atomic mass is 10.2. The molecule has 1 aliphatic rings. The van der Waals surface area contributed by atoms with Crippen molar-refractivity contribution in [2.45, 2.75) is 65.1 Å². The predicted octanol–water partition coefficient (Wildman–Crippen LogP) is 1.56. The molecule has 1 N–H and O–H groups in total. The maximum Gasteiger partial charge on any atom is 0.510 e. The minimum absolute atomic E-state index is 0.141. The first-order valence-electron chi connectivity index (χ1n) is 10.2. The molecule has 0 bridgehead atoms. The average Bonchev–Trinajstić information content (AvgIpc) is 3.17. The van der Waals surface area contributed by atoms with Crippen LogP contribution in [0.5, 0.6) is 0 Å². The average molecular weight is 490 g/mol. The van der Waals surface area contributed by atoms with Gasteiger partial charge in [-0.2, -0.15) is 0 Å². The third-order valence-electron chi connectivity index (χ3n) is 3.99. The molecule has 0 saturated carbocycles. The first-order chi connectivity index (χ1) is 15.6. The molecule has 184 valence electrons. The number of nitrogens with zero attached hydrogens (tertiary/aromatic N) is 1. The molecule has 2 rings (SSSR count). The van der Waals surface area contributed by atoms with Crippen molar-refractivity contribution in [3.63, 3.8) is 0 Å². The minimum atomic E-state index is -2.48. The van der Waals surface area contributed by atoms with E-state index in [0.29, 0.717) is 12.8 Å². The Balaban J connectivity index is 1.95. The van der Waals surface area contributed by atoms with E-state index in [4.69, 9.17) is 28.0 Å². The van der Waals surface area contributed by atoms with E-state index >= 15 is 0 Å². The summed E-state index contributed by atoms with van der Waals surface area (Å²) in [4.78, 5) is 61.2.